The molecule has 96 valence electrons. The third kappa shape index (κ3) is 2.96. The van der Waals surface area contributed by atoms with Gasteiger partial charge in [-0.2, -0.15) is 0 Å². The molecule has 0 aromatic heterocycles. The van der Waals surface area contributed by atoms with E-state index < -0.39 is 23.4 Å². The van der Waals surface area contributed by atoms with Crippen LogP contribution in [0, 0.1) is 11.2 Å². The molecule has 2 atom stereocenters. The normalized spacial score (nSPS) is 15.5. The van der Waals surface area contributed by atoms with Crippen molar-refractivity contribution in [2.45, 2.75) is 33.0 Å². The molecular weight excluding hydrogens is 223 g/mol. The van der Waals surface area contributed by atoms with Crippen LogP contribution in [0.2, 0.25) is 0 Å². The predicted octanol–water partition coefficient (Wildman–Crippen LogP) is 2.27. The van der Waals surface area contributed by atoms with Gasteiger partial charge in [0.15, 0.2) is 11.6 Å². The third-order valence-corrected chi connectivity index (χ3v) is 2.72. The summed E-state index contributed by atoms with van der Waals surface area (Å²) in [6.07, 6.45) is -2.32. The predicted molar refractivity (Wildman–Crippen MR) is 63.4 cm³/mol. The molecule has 0 aliphatic rings. The van der Waals surface area contributed by atoms with Crippen molar-refractivity contribution in [1.82, 2.24) is 0 Å². The number of hydrogen-bond donors (Lipinski definition) is 2. The van der Waals surface area contributed by atoms with Gasteiger partial charge in [0, 0.05) is 5.56 Å². The maximum atomic E-state index is 13.9. The minimum atomic E-state index is -1.27. The number of ether oxygens (including phenoxy) is 1. The van der Waals surface area contributed by atoms with E-state index in [2.05, 4.69) is 0 Å². The van der Waals surface area contributed by atoms with Gasteiger partial charge in [0.1, 0.15) is 6.10 Å². The largest absolute Gasteiger partial charge is 0.494 e. The molecule has 0 amide bonds. The maximum Gasteiger partial charge on any atom is 0.170 e. The molecule has 0 spiro atoms. The second kappa shape index (κ2) is 5.02. The van der Waals surface area contributed by atoms with Crippen LogP contribution < -0.4 is 4.74 Å². The van der Waals surface area contributed by atoms with Crippen LogP contribution >= 0.6 is 0 Å². The molecule has 0 aliphatic heterocycles. The lowest BCUT2D eigenvalue weighted by Crippen LogP contribution is -2.32. The molecule has 17 heavy (non-hydrogen) atoms. The molecule has 4 heteroatoms. The maximum absolute atomic E-state index is 13.9. The number of benzene rings is 1. The quantitative estimate of drug-likeness (QED) is 0.855. The van der Waals surface area contributed by atoms with Crippen molar-refractivity contribution < 1.29 is 19.3 Å². The van der Waals surface area contributed by atoms with Crippen LogP contribution in [0.25, 0.3) is 0 Å². The Morgan fingerprint density at radius 3 is 2.29 bits per heavy atom. The topological polar surface area (TPSA) is 49.7 Å². The highest BCUT2D eigenvalue weighted by atomic mass is 19.1. The van der Waals surface area contributed by atoms with E-state index in [4.69, 9.17) is 4.74 Å². The Kier molecular flexibility index (Phi) is 4.11. The van der Waals surface area contributed by atoms with Crippen molar-refractivity contribution in [2.75, 3.05) is 7.11 Å². The Hall–Kier alpha value is -1.13. The van der Waals surface area contributed by atoms with Crippen LogP contribution in [-0.2, 0) is 0 Å². The molecule has 2 unspecified atom stereocenters. The summed E-state index contributed by atoms with van der Waals surface area (Å²) in [7, 11) is 1.36. The Bertz CT molecular complexity index is 385. The zero-order valence-electron chi connectivity index (χ0n) is 10.6. The summed E-state index contributed by atoms with van der Waals surface area (Å²) in [5, 5.41) is 19.9. The molecule has 0 saturated heterocycles. The number of aliphatic hydroxyl groups excluding tert-OH is 2. The standard InChI is InChI=1S/C13H19FO3/c1-13(2,3)12(16)11(15)8-6-5-7-9(17-4)10(8)14/h5-7,11-12,15-16H,1-4H3. The van der Waals surface area contributed by atoms with Gasteiger partial charge in [0.2, 0.25) is 0 Å². The summed E-state index contributed by atoms with van der Waals surface area (Å²) in [6.45, 7) is 5.33. The smallest absolute Gasteiger partial charge is 0.170 e. The Morgan fingerprint density at radius 2 is 1.82 bits per heavy atom. The van der Waals surface area contributed by atoms with Crippen LogP contribution in [0.1, 0.15) is 32.4 Å². The average Bonchev–Trinajstić information content (AvgIpc) is 2.26. The molecular formula is C13H19FO3. The Labute approximate surface area is 101 Å². The molecule has 0 fully saturated rings. The van der Waals surface area contributed by atoms with Crippen molar-refractivity contribution in [2.24, 2.45) is 5.41 Å². The van der Waals surface area contributed by atoms with E-state index in [1.54, 1.807) is 26.8 Å². The van der Waals surface area contributed by atoms with Crippen LogP contribution in [0.4, 0.5) is 4.39 Å². The molecule has 0 radical (unpaired) electrons. The van der Waals surface area contributed by atoms with E-state index in [0.29, 0.717) is 0 Å². The van der Waals surface area contributed by atoms with Gasteiger partial charge in [0.05, 0.1) is 13.2 Å². The number of methoxy groups -OCH3 is 1. The summed E-state index contributed by atoms with van der Waals surface area (Å²) >= 11 is 0. The van der Waals surface area contributed by atoms with Gasteiger partial charge < -0.3 is 14.9 Å². The second-order valence-corrected chi connectivity index (χ2v) is 5.12. The molecule has 0 aliphatic carbocycles. The zero-order chi connectivity index (χ0) is 13.2. The van der Waals surface area contributed by atoms with Gasteiger partial charge in [-0.05, 0) is 11.5 Å². The SMILES string of the molecule is COc1cccc(C(O)C(O)C(C)(C)C)c1F. The third-order valence-electron chi connectivity index (χ3n) is 2.72. The van der Waals surface area contributed by atoms with Gasteiger partial charge in [-0.1, -0.05) is 32.9 Å². The van der Waals surface area contributed by atoms with Gasteiger partial charge >= 0.3 is 0 Å². The molecule has 1 rings (SSSR count). The highest BCUT2D eigenvalue weighted by Crippen LogP contribution is 2.33. The van der Waals surface area contributed by atoms with Crippen molar-refractivity contribution >= 4 is 0 Å². The van der Waals surface area contributed by atoms with E-state index in [9.17, 15) is 14.6 Å². The highest BCUT2D eigenvalue weighted by molar-refractivity contribution is 5.33. The first-order valence-electron chi connectivity index (χ1n) is 5.47. The van der Waals surface area contributed by atoms with Crippen molar-refractivity contribution in [3.63, 3.8) is 0 Å². The molecule has 0 heterocycles. The van der Waals surface area contributed by atoms with Crippen molar-refractivity contribution in [3.05, 3.63) is 29.6 Å². The van der Waals surface area contributed by atoms with Crippen molar-refractivity contribution in [1.29, 1.82) is 0 Å². The first kappa shape index (κ1) is 13.9. The summed E-state index contributed by atoms with van der Waals surface area (Å²) < 4.78 is 18.7. The number of aliphatic hydroxyl groups is 2. The average molecular weight is 242 g/mol. The Balaban J connectivity index is 3.08. The van der Waals surface area contributed by atoms with Crippen LogP contribution in [-0.4, -0.2) is 23.4 Å². The number of rotatable bonds is 3. The fourth-order valence-corrected chi connectivity index (χ4v) is 1.56. The summed E-state index contributed by atoms with van der Waals surface area (Å²) in [5.74, 6) is -0.576. The first-order chi connectivity index (χ1) is 7.79. The highest BCUT2D eigenvalue weighted by Gasteiger charge is 2.32. The van der Waals surface area contributed by atoms with Crippen LogP contribution in [0.3, 0.4) is 0 Å². The molecule has 0 bridgehead atoms. The van der Waals surface area contributed by atoms with Gasteiger partial charge in [-0.25, -0.2) is 4.39 Å². The summed E-state index contributed by atoms with van der Waals surface area (Å²) in [4.78, 5) is 0. The second-order valence-electron chi connectivity index (χ2n) is 5.12. The van der Waals surface area contributed by atoms with Crippen molar-refractivity contribution in [3.8, 4) is 5.75 Å². The number of halogens is 1. The summed E-state index contributed by atoms with van der Waals surface area (Å²) in [5.41, 5.74) is -0.485. The molecule has 0 saturated carbocycles. The van der Waals surface area contributed by atoms with Crippen LogP contribution in [0.5, 0.6) is 5.75 Å². The van der Waals surface area contributed by atoms with E-state index in [0.717, 1.165) is 0 Å². The van der Waals surface area contributed by atoms with E-state index >= 15 is 0 Å². The molecule has 2 N–H and O–H groups in total. The van der Waals surface area contributed by atoms with Gasteiger partial charge in [-0.3, -0.25) is 0 Å². The number of hydrogen-bond acceptors (Lipinski definition) is 3. The lowest BCUT2D eigenvalue weighted by molar-refractivity contribution is -0.0473. The molecule has 3 nitrogen and oxygen atoms in total. The minimum Gasteiger partial charge on any atom is -0.494 e. The van der Waals surface area contributed by atoms with Crippen LogP contribution in [0.15, 0.2) is 18.2 Å². The summed E-state index contributed by atoms with van der Waals surface area (Å²) in [6, 6.07) is 4.49. The minimum absolute atomic E-state index is 0.0479. The van der Waals surface area contributed by atoms with E-state index in [1.165, 1.54) is 19.2 Å². The lowest BCUT2D eigenvalue weighted by atomic mass is 9.83. The first-order valence-corrected chi connectivity index (χ1v) is 5.47. The molecule has 1 aromatic carbocycles. The fourth-order valence-electron chi connectivity index (χ4n) is 1.56. The van der Waals surface area contributed by atoms with E-state index in [1.807, 2.05) is 0 Å². The zero-order valence-corrected chi connectivity index (χ0v) is 10.6. The Morgan fingerprint density at radius 1 is 1.24 bits per heavy atom. The van der Waals surface area contributed by atoms with E-state index in [-0.39, 0.29) is 11.3 Å². The monoisotopic (exact) mass is 242 g/mol. The lowest BCUT2D eigenvalue weighted by Gasteiger charge is -2.30. The molecule has 1 aromatic rings. The van der Waals surface area contributed by atoms with Gasteiger partial charge in [-0.15, -0.1) is 0 Å². The fraction of sp³-hybridized carbons (Fsp3) is 0.538. The van der Waals surface area contributed by atoms with Gasteiger partial charge in [0.25, 0.3) is 0 Å².